The van der Waals surface area contributed by atoms with Crippen LogP contribution >= 0.6 is 0 Å². The van der Waals surface area contributed by atoms with E-state index in [0.717, 1.165) is 12.1 Å². The molecule has 4 rings (SSSR count). The van der Waals surface area contributed by atoms with E-state index in [1.54, 1.807) is 36.5 Å². The van der Waals surface area contributed by atoms with Gasteiger partial charge in [0.2, 0.25) is 6.79 Å². The molecule has 0 atom stereocenters. The molecule has 0 saturated carbocycles. The molecule has 1 amide bonds. The van der Waals surface area contributed by atoms with Crippen molar-refractivity contribution in [3.63, 3.8) is 0 Å². The molecular weight excluding hydrogens is 342 g/mol. The number of benzene rings is 2. The minimum Gasteiger partial charge on any atom is -0.454 e. The molecule has 6 nitrogen and oxygen atoms in total. The number of anilines is 3. The fraction of sp³-hybridized carbons (Fsp3) is 0.143. The summed E-state index contributed by atoms with van der Waals surface area (Å²) in [4.78, 5) is 16.9. The van der Waals surface area contributed by atoms with Crippen molar-refractivity contribution in [2.75, 3.05) is 17.4 Å². The number of carbonyl (C=O) groups is 1. The summed E-state index contributed by atoms with van der Waals surface area (Å²) in [7, 11) is 0. The lowest BCUT2D eigenvalue weighted by atomic mass is 10.1. The average Bonchev–Trinajstić information content (AvgIpc) is 3.16. The van der Waals surface area contributed by atoms with Gasteiger partial charge in [0.15, 0.2) is 11.5 Å². The average molecular weight is 361 g/mol. The molecular formula is C21H19N3O3. The third-order valence-electron chi connectivity index (χ3n) is 4.29. The number of ether oxygens (including phenoxy) is 2. The Morgan fingerprint density at radius 2 is 1.78 bits per heavy atom. The summed E-state index contributed by atoms with van der Waals surface area (Å²) in [5.74, 6) is 1.69. The van der Waals surface area contributed by atoms with Crippen molar-refractivity contribution in [3.8, 4) is 11.5 Å². The normalized spacial score (nSPS) is 11.9. The number of rotatable bonds is 5. The Labute approximate surface area is 157 Å². The highest BCUT2D eigenvalue weighted by Gasteiger charge is 2.15. The highest BCUT2D eigenvalue weighted by atomic mass is 16.7. The van der Waals surface area contributed by atoms with Gasteiger partial charge >= 0.3 is 0 Å². The zero-order valence-electron chi connectivity index (χ0n) is 14.9. The van der Waals surface area contributed by atoms with E-state index < -0.39 is 0 Å². The van der Waals surface area contributed by atoms with Crippen LogP contribution in [0.4, 0.5) is 17.2 Å². The number of aryl methyl sites for hydroxylation is 1. The molecule has 0 spiro atoms. The zero-order chi connectivity index (χ0) is 18.6. The molecule has 0 unspecified atom stereocenters. The molecule has 0 fully saturated rings. The second kappa shape index (κ2) is 7.37. The Hall–Kier alpha value is -3.54. The van der Waals surface area contributed by atoms with Gasteiger partial charge in [0.25, 0.3) is 5.91 Å². The zero-order valence-corrected chi connectivity index (χ0v) is 14.9. The molecule has 0 aliphatic carbocycles. The van der Waals surface area contributed by atoms with Crippen LogP contribution in [0, 0.1) is 0 Å². The van der Waals surface area contributed by atoms with Crippen molar-refractivity contribution >= 4 is 23.1 Å². The minimum atomic E-state index is -0.222. The van der Waals surface area contributed by atoms with Crippen LogP contribution in [0.2, 0.25) is 0 Å². The first-order valence-corrected chi connectivity index (χ1v) is 8.74. The Balaban J connectivity index is 1.47. The van der Waals surface area contributed by atoms with Gasteiger partial charge in [0, 0.05) is 29.2 Å². The van der Waals surface area contributed by atoms with Crippen molar-refractivity contribution in [1.29, 1.82) is 0 Å². The molecule has 1 aromatic heterocycles. The van der Waals surface area contributed by atoms with E-state index in [9.17, 15) is 4.79 Å². The number of hydrogen-bond donors (Lipinski definition) is 2. The van der Waals surface area contributed by atoms with Gasteiger partial charge in [-0.15, -0.1) is 0 Å². The SMILES string of the molecule is CCc1ccc(Nc2cc(C(=O)Nc3ccc4c(c3)OCO4)ccn2)cc1. The van der Waals surface area contributed by atoms with E-state index in [4.69, 9.17) is 9.47 Å². The smallest absolute Gasteiger partial charge is 0.255 e. The lowest BCUT2D eigenvalue weighted by Gasteiger charge is -2.09. The van der Waals surface area contributed by atoms with Crippen LogP contribution < -0.4 is 20.1 Å². The number of pyridine rings is 1. The molecule has 2 heterocycles. The van der Waals surface area contributed by atoms with E-state index in [1.165, 1.54) is 5.56 Å². The quantitative estimate of drug-likeness (QED) is 0.706. The maximum Gasteiger partial charge on any atom is 0.255 e. The predicted molar refractivity (Wildman–Crippen MR) is 104 cm³/mol. The molecule has 1 aliphatic rings. The van der Waals surface area contributed by atoms with Crippen LogP contribution in [0.1, 0.15) is 22.8 Å². The van der Waals surface area contributed by atoms with Crippen LogP contribution in [-0.2, 0) is 6.42 Å². The van der Waals surface area contributed by atoms with Crippen LogP contribution in [-0.4, -0.2) is 17.7 Å². The van der Waals surface area contributed by atoms with Gasteiger partial charge in [-0.1, -0.05) is 19.1 Å². The molecule has 0 bridgehead atoms. The molecule has 0 radical (unpaired) electrons. The summed E-state index contributed by atoms with van der Waals surface area (Å²) >= 11 is 0. The van der Waals surface area contributed by atoms with E-state index in [-0.39, 0.29) is 12.7 Å². The van der Waals surface area contributed by atoms with Gasteiger partial charge in [-0.2, -0.15) is 0 Å². The first kappa shape index (κ1) is 16.9. The van der Waals surface area contributed by atoms with E-state index in [0.29, 0.717) is 28.6 Å². The monoisotopic (exact) mass is 361 g/mol. The van der Waals surface area contributed by atoms with Crippen LogP contribution in [0.15, 0.2) is 60.8 Å². The summed E-state index contributed by atoms with van der Waals surface area (Å²) in [6.45, 7) is 2.32. The number of fused-ring (bicyclic) bond motifs is 1. The molecule has 3 aromatic rings. The Kier molecular flexibility index (Phi) is 4.61. The Morgan fingerprint density at radius 3 is 2.59 bits per heavy atom. The fourth-order valence-electron chi connectivity index (χ4n) is 2.79. The molecule has 0 saturated heterocycles. The first-order valence-electron chi connectivity index (χ1n) is 8.74. The molecule has 1 aliphatic heterocycles. The van der Waals surface area contributed by atoms with Crippen molar-refractivity contribution in [3.05, 3.63) is 71.9 Å². The minimum absolute atomic E-state index is 0.200. The van der Waals surface area contributed by atoms with Gasteiger partial charge in [-0.3, -0.25) is 4.79 Å². The second-order valence-electron chi connectivity index (χ2n) is 6.13. The molecule has 27 heavy (non-hydrogen) atoms. The number of aromatic nitrogens is 1. The van der Waals surface area contributed by atoms with Crippen LogP contribution in [0.3, 0.4) is 0 Å². The Bertz CT molecular complexity index is 971. The fourth-order valence-corrected chi connectivity index (χ4v) is 2.79. The van der Waals surface area contributed by atoms with Gasteiger partial charge in [-0.05, 0) is 48.4 Å². The lowest BCUT2D eigenvalue weighted by molar-refractivity contribution is 0.102. The first-order chi connectivity index (χ1) is 13.2. The van der Waals surface area contributed by atoms with Crippen LogP contribution in [0.5, 0.6) is 11.5 Å². The maximum atomic E-state index is 12.6. The Morgan fingerprint density at radius 1 is 1.00 bits per heavy atom. The van der Waals surface area contributed by atoms with E-state index >= 15 is 0 Å². The van der Waals surface area contributed by atoms with Gasteiger partial charge in [-0.25, -0.2) is 4.98 Å². The van der Waals surface area contributed by atoms with Gasteiger partial charge in [0.05, 0.1) is 0 Å². The van der Waals surface area contributed by atoms with Crippen LogP contribution in [0.25, 0.3) is 0 Å². The van der Waals surface area contributed by atoms with E-state index in [2.05, 4.69) is 34.7 Å². The maximum absolute atomic E-state index is 12.6. The molecule has 2 N–H and O–H groups in total. The third-order valence-corrected chi connectivity index (χ3v) is 4.29. The van der Waals surface area contributed by atoms with E-state index in [1.807, 2.05) is 12.1 Å². The summed E-state index contributed by atoms with van der Waals surface area (Å²) in [5.41, 5.74) is 3.35. The molecule has 6 heteroatoms. The lowest BCUT2D eigenvalue weighted by Crippen LogP contribution is -2.12. The van der Waals surface area contributed by atoms with Crippen molar-refractivity contribution < 1.29 is 14.3 Å². The summed E-state index contributed by atoms with van der Waals surface area (Å²) < 4.78 is 10.6. The predicted octanol–water partition coefficient (Wildman–Crippen LogP) is 4.37. The number of hydrogen-bond acceptors (Lipinski definition) is 5. The number of amides is 1. The highest BCUT2D eigenvalue weighted by Crippen LogP contribution is 2.34. The van der Waals surface area contributed by atoms with Gasteiger partial charge < -0.3 is 20.1 Å². The number of nitrogens with one attached hydrogen (secondary N) is 2. The summed E-state index contributed by atoms with van der Waals surface area (Å²) in [6.07, 6.45) is 2.60. The third kappa shape index (κ3) is 3.84. The van der Waals surface area contributed by atoms with Crippen molar-refractivity contribution in [2.24, 2.45) is 0 Å². The highest BCUT2D eigenvalue weighted by molar-refractivity contribution is 6.04. The largest absolute Gasteiger partial charge is 0.454 e. The number of nitrogens with zero attached hydrogens (tertiary/aromatic N) is 1. The summed E-state index contributed by atoms with van der Waals surface area (Å²) in [5, 5.41) is 6.08. The van der Waals surface area contributed by atoms with Gasteiger partial charge in [0.1, 0.15) is 5.82 Å². The topological polar surface area (TPSA) is 72.5 Å². The summed E-state index contributed by atoms with van der Waals surface area (Å²) in [6, 6.07) is 16.8. The number of carbonyl (C=O) groups excluding carboxylic acids is 1. The van der Waals surface area contributed by atoms with Crippen molar-refractivity contribution in [2.45, 2.75) is 13.3 Å². The second-order valence-corrected chi connectivity index (χ2v) is 6.13. The van der Waals surface area contributed by atoms with Crippen molar-refractivity contribution in [1.82, 2.24) is 4.98 Å². The molecule has 2 aromatic carbocycles. The molecule has 136 valence electrons. The standard InChI is InChI=1S/C21H19N3O3/c1-2-14-3-5-16(6-4-14)23-20-11-15(9-10-22-20)21(25)24-17-7-8-18-19(12-17)27-13-26-18/h3-12H,2,13H2,1H3,(H,22,23)(H,24,25).